The molecule has 118 valence electrons. The van der Waals surface area contributed by atoms with Crippen LogP contribution >= 0.6 is 0 Å². The average molecular weight is 295 g/mol. The number of anilines is 1. The van der Waals surface area contributed by atoms with Crippen LogP contribution in [-0.4, -0.2) is 25.0 Å². The molecule has 0 amide bonds. The molecule has 1 aromatic carbocycles. The molecule has 0 atom stereocenters. The Hall–Kier alpha value is -1.91. The highest BCUT2D eigenvalue weighted by Gasteiger charge is 2.05. The maximum atomic E-state index is 10.1. The van der Waals surface area contributed by atoms with Crippen molar-refractivity contribution in [3.8, 4) is 5.75 Å². The molecule has 3 N–H and O–H groups in total. The molecule has 21 heavy (non-hydrogen) atoms. The van der Waals surface area contributed by atoms with E-state index in [2.05, 4.69) is 10.8 Å². The van der Waals surface area contributed by atoms with Crippen molar-refractivity contribution in [1.82, 2.24) is 0 Å². The largest absolute Gasteiger partial charge is 0.505 e. The predicted octanol–water partition coefficient (Wildman–Crippen LogP) is 3.86. The number of carbonyl (C=O) groups is 1. The molecule has 0 aliphatic rings. The Labute approximate surface area is 126 Å². The number of unbranched alkanes of at least 4 members (excludes halogenated alkanes) is 5. The molecule has 0 aromatic heterocycles. The molecule has 0 bridgehead atoms. The highest BCUT2D eigenvalue weighted by molar-refractivity contribution is 5.57. The lowest BCUT2D eigenvalue weighted by molar-refractivity contribution is 0.0899. The lowest BCUT2D eigenvalue weighted by Crippen LogP contribution is -2.01. The summed E-state index contributed by atoms with van der Waals surface area (Å²) >= 11 is 0. The number of methoxy groups -OCH3 is 1. The third-order valence-corrected chi connectivity index (χ3v) is 3.40. The van der Waals surface area contributed by atoms with Crippen molar-refractivity contribution in [2.24, 2.45) is 0 Å². The van der Waals surface area contributed by atoms with Crippen LogP contribution in [0.4, 0.5) is 10.5 Å². The summed E-state index contributed by atoms with van der Waals surface area (Å²) in [5, 5.41) is 8.32. The molecule has 5 heteroatoms. The van der Waals surface area contributed by atoms with Crippen molar-refractivity contribution in [1.29, 1.82) is 0 Å². The molecule has 0 fully saturated rings. The summed E-state index contributed by atoms with van der Waals surface area (Å²) in [7, 11) is 1.65. The molecule has 0 spiro atoms. The van der Waals surface area contributed by atoms with Gasteiger partial charge in [0.1, 0.15) is 5.75 Å². The van der Waals surface area contributed by atoms with Gasteiger partial charge in [-0.15, -0.1) is 0 Å². The van der Waals surface area contributed by atoms with Crippen molar-refractivity contribution >= 4 is 11.8 Å². The first-order valence-electron chi connectivity index (χ1n) is 7.42. The monoisotopic (exact) mass is 295 g/mol. The molecule has 5 nitrogen and oxygen atoms in total. The summed E-state index contributed by atoms with van der Waals surface area (Å²) in [5.41, 5.74) is 7.72. The zero-order chi connectivity index (χ0) is 15.5. The number of nitrogen functional groups attached to an aromatic ring is 1. The first kappa shape index (κ1) is 17.1. The minimum absolute atomic E-state index is 0.301. The Balaban J connectivity index is 2.09. The topological polar surface area (TPSA) is 81.8 Å². The van der Waals surface area contributed by atoms with E-state index in [0.29, 0.717) is 12.3 Å². The number of rotatable bonds is 10. The van der Waals surface area contributed by atoms with E-state index in [1.54, 1.807) is 7.11 Å². The van der Waals surface area contributed by atoms with E-state index < -0.39 is 6.16 Å². The summed E-state index contributed by atoms with van der Waals surface area (Å²) < 4.78 is 9.79. The van der Waals surface area contributed by atoms with Crippen LogP contribution < -0.4 is 10.5 Å². The summed E-state index contributed by atoms with van der Waals surface area (Å²) in [5.74, 6) is 0.795. The number of ether oxygens (including phenoxy) is 2. The number of nitrogens with two attached hydrogens (primary N) is 1. The van der Waals surface area contributed by atoms with E-state index >= 15 is 0 Å². The molecule has 0 heterocycles. The highest BCUT2D eigenvalue weighted by atomic mass is 16.7. The number of aryl methyl sites for hydroxylation is 1. The van der Waals surface area contributed by atoms with E-state index in [4.69, 9.17) is 15.6 Å². The van der Waals surface area contributed by atoms with Gasteiger partial charge in [-0.25, -0.2) is 4.79 Å². The zero-order valence-electron chi connectivity index (χ0n) is 12.6. The Morgan fingerprint density at radius 3 is 2.48 bits per heavy atom. The highest BCUT2D eigenvalue weighted by Crippen LogP contribution is 2.27. The second-order valence-corrected chi connectivity index (χ2v) is 5.03. The molecular formula is C16H25NO4. The van der Waals surface area contributed by atoms with Crippen LogP contribution in [0.3, 0.4) is 0 Å². The average Bonchev–Trinajstić information content (AvgIpc) is 2.45. The van der Waals surface area contributed by atoms with E-state index in [0.717, 1.165) is 56.3 Å². The van der Waals surface area contributed by atoms with Gasteiger partial charge >= 0.3 is 6.16 Å². The van der Waals surface area contributed by atoms with Crippen molar-refractivity contribution in [2.75, 3.05) is 19.5 Å². The number of para-hydroxylation sites is 1. The maximum Gasteiger partial charge on any atom is 0.505 e. The fourth-order valence-electron chi connectivity index (χ4n) is 2.33. The second-order valence-electron chi connectivity index (χ2n) is 5.03. The smallest absolute Gasteiger partial charge is 0.494 e. The molecule has 0 saturated heterocycles. The van der Waals surface area contributed by atoms with Crippen LogP contribution in [0, 0.1) is 0 Å². The summed E-state index contributed by atoms with van der Waals surface area (Å²) in [6.07, 6.45) is 6.10. The van der Waals surface area contributed by atoms with Gasteiger partial charge in [0, 0.05) is 0 Å². The number of hydrogen-bond donors (Lipinski definition) is 2. The molecule has 0 radical (unpaired) electrons. The maximum absolute atomic E-state index is 10.1. The Bertz CT molecular complexity index is 434. The van der Waals surface area contributed by atoms with E-state index in [1.807, 2.05) is 12.1 Å². The second kappa shape index (κ2) is 9.91. The Morgan fingerprint density at radius 2 is 1.81 bits per heavy atom. The molecule has 0 saturated carbocycles. The van der Waals surface area contributed by atoms with Crippen LogP contribution in [0.15, 0.2) is 18.2 Å². The zero-order valence-corrected chi connectivity index (χ0v) is 12.6. The lowest BCUT2D eigenvalue weighted by atomic mass is 10.0. The fourth-order valence-corrected chi connectivity index (χ4v) is 2.33. The fraction of sp³-hybridized carbons (Fsp3) is 0.562. The van der Waals surface area contributed by atoms with Gasteiger partial charge in [-0.3, -0.25) is 0 Å². The van der Waals surface area contributed by atoms with E-state index in [1.165, 1.54) is 0 Å². The minimum atomic E-state index is -1.19. The van der Waals surface area contributed by atoms with Crippen LogP contribution in [0.5, 0.6) is 5.75 Å². The summed E-state index contributed by atoms with van der Waals surface area (Å²) in [6.45, 7) is 0.301. The standard InChI is InChI=1S/C16H25NO4/c1-20-15-13(10-8-11-14(15)17)9-6-4-2-3-5-7-12-21-16(18)19/h8,10-11H,2-7,9,12,17H2,1H3,(H,18,19). The van der Waals surface area contributed by atoms with Crippen LogP contribution in [0.2, 0.25) is 0 Å². The van der Waals surface area contributed by atoms with Gasteiger partial charge in [0.05, 0.1) is 19.4 Å². The summed E-state index contributed by atoms with van der Waals surface area (Å²) in [4.78, 5) is 10.1. The van der Waals surface area contributed by atoms with Crippen LogP contribution in [0.1, 0.15) is 44.1 Å². The van der Waals surface area contributed by atoms with E-state index in [9.17, 15) is 4.79 Å². The van der Waals surface area contributed by atoms with Gasteiger partial charge < -0.3 is 20.3 Å². The normalized spacial score (nSPS) is 10.3. The Kier molecular flexibility index (Phi) is 8.09. The predicted molar refractivity (Wildman–Crippen MR) is 82.8 cm³/mol. The molecule has 0 unspecified atom stereocenters. The van der Waals surface area contributed by atoms with Crippen molar-refractivity contribution in [2.45, 2.75) is 44.9 Å². The number of hydrogen-bond acceptors (Lipinski definition) is 4. The van der Waals surface area contributed by atoms with Crippen LogP contribution in [0.25, 0.3) is 0 Å². The quantitative estimate of drug-likeness (QED) is 0.389. The molecular weight excluding hydrogens is 270 g/mol. The first-order chi connectivity index (χ1) is 10.1. The van der Waals surface area contributed by atoms with Gasteiger partial charge in [0.15, 0.2) is 0 Å². The van der Waals surface area contributed by atoms with Crippen LogP contribution in [-0.2, 0) is 11.2 Å². The van der Waals surface area contributed by atoms with E-state index in [-0.39, 0.29) is 0 Å². The third-order valence-electron chi connectivity index (χ3n) is 3.40. The molecule has 1 rings (SSSR count). The van der Waals surface area contributed by atoms with Crippen molar-refractivity contribution in [3.63, 3.8) is 0 Å². The van der Waals surface area contributed by atoms with Gasteiger partial charge in [0.25, 0.3) is 0 Å². The van der Waals surface area contributed by atoms with Crippen molar-refractivity contribution < 1.29 is 19.4 Å². The lowest BCUT2D eigenvalue weighted by Gasteiger charge is -2.10. The third kappa shape index (κ3) is 6.88. The number of carboxylic acid groups (broad SMARTS) is 1. The van der Waals surface area contributed by atoms with Gasteiger partial charge in [-0.05, 0) is 30.9 Å². The Morgan fingerprint density at radius 1 is 1.14 bits per heavy atom. The number of benzene rings is 1. The van der Waals surface area contributed by atoms with Gasteiger partial charge in [-0.1, -0.05) is 37.8 Å². The summed E-state index contributed by atoms with van der Waals surface area (Å²) in [6, 6.07) is 5.86. The molecule has 0 aliphatic carbocycles. The first-order valence-corrected chi connectivity index (χ1v) is 7.42. The molecule has 1 aromatic rings. The van der Waals surface area contributed by atoms with Gasteiger partial charge in [-0.2, -0.15) is 0 Å². The minimum Gasteiger partial charge on any atom is -0.494 e. The molecule has 0 aliphatic heterocycles. The SMILES string of the molecule is COc1c(N)cccc1CCCCCCCCOC(=O)O. The van der Waals surface area contributed by atoms with Crippen molar-refractivity contribution in [3.05, 3.63) is 23.8 Å². The van der Waals surface area contributed by atoms with Gasteiger partial charge in [0.2, 0.25) is 0 Å².